The Morgan fingerprint density at radius 3 is 0.955 bits per heavy atom. The van der Waals surface area contributed by atoms with Crippen LogP contribution >= 0.6 is 0 Å². The summed E-state index contributed by atoms with van der Waals surface area (Å²) in [6, 6.07) is 28.9. The second-order valence-corrected chi connectivity index (χ2v) is 8.25. The van der Waals surface area contributed by atoms with Crippen molar-refractivity contribution in [2.45, 2.75) is 0 Å². The SMILES string of the molecule is c1ccc([O][SnH]([O]c2ccccc2)[O]c2ccccc2)cc1. The Morgan fingerprint density at radius 1 is 0.409 bits per heavy atom. The molecule has 0 amide bonds. The van der Waals surface area contributed by atoms with E-state index in [-0.39, 0.29) is 0 Å². The van der Waals surface area contributed by atoms with Gasteiger partial charge in [0.2, 0.25) is 0 Å². The van der Waals surface area contributed by atoms with Crippen molar-refractivity contribution >= 4 is 21.0 Å². The first-order chi connectivity index (χ1) is 10.9. The molecular weight excluding hydrogens is 383 g/mol. The molecule has 0 N–H and O–H groups in total. The monoisotopic (exact) mass is 400 g/mol. The van der Waals surface area contributed by atoms with E-state index < -0.39 is 21.0 Å². The zero-order chi connectivity index (χ0) is 15.0. The van der Waals surface area contributed by atoms with Gasteiger partial charge in [-0.05, 0) is 0 Å². The quantitative estimate of drug-likeness (QED) is 0.588. The summed E-state index contributed by atoms with van der Waals surface area (Å²) in [5.41, 5.74) is 0. The molecule has 0 aliphatic heterocycles. The van der Waals surface area contributed by atoms with Gasteiger partial charge in [-0.15, -0.1) is 0 Å². The Kier molecular flexibility index (Phi) is 5.21. The van der Waals surface area contributed by atoms with Crippen LogP contribution in [0.3, 0.4) is 0 Å². The van der Waals surface area contributed by atoms with Gasteiger partial charge >= 0.3 is 138 Å². The van der Waals surface area contributed by atoms with Crippen molar-refractivity contribution in [3.63, 3.8) is 0 Å². The topological polar surface area (TPSA) is 27.7 Å². The molecule has 3 nitrogen and oxygen atoms in total. The number of benzene rings is 3. The molecule has 0 aliphatic rings. The molecule has 4 heteroatoms. The van der Waals surface area contributed by atoms with Crippen molar-refractivity contribution < 1.29 is 9.22 Å². The van der Waals surface area contributed by atoms with E-state index in [1.165, 1.54) is 0 Å². The van der Waals surface area contributed by atoms with Crippen LogP contribution in [0.2, 0.25) is 0 Å². The van der Waals surface area contributed by atoms with E-state index in [2.05, 4.69) is 0 Å². The van der Waals surface area contributed by atoms with Crippen molar-refractivity contribution in [2.75, 3.05) is 0 Å². The molecule has 0 aromatic heterocycles. The Balaban J connectivity index is 1.75. The van der Waals surface area contributed by atoms with E-state index >= 15 is 0 Å². The number of hydrogen-bond acceptors (Lipinski definition) is 3. The molecule has 22 heavy (non-hydrogen) atoms. The molecule has 0 unspecified atom stereocenters. The molecule has 0 fully saturated rings. The molecule has 3 aromatic carbocycles. The molecule has 0 heterocycles. The molecule has 3 aromatic rings. The van der Waals surface area contributed by atoms with Gasteiger partial charge in [0.1, 0.15) is 0 Å². The van der Waals surface area contributed by atoms with Crippen LogP contribution in [-0.2, 0) is 0 Å². The van der Waals surface area contributed by atoms with Crippen LogP contribution in [0.25, 0.3) is 0 Å². The van der Waals surface area contributed by atoms with E-state index in [1.54, 1.807) is 0 Å². The summed E-state index contributed by atoms with van der Waals surface area (Å²) in [6.45, 7) is 0. The second kappa shape index (κ2) is 7.75. The van der Waals surface area contributed by atoms with E-state index in [1.807, 2.05) is 91.0 Å². The molecule has 0 atom stereocenters. The summed E-state index contributed by atoms with van der Waals surface area (Å²) in [6.07, 6.45) is 0. The molecule has 0 saturated heterocycles. The normalized spacial score (nSPS) is 10.2. The number of rotatable bonds is 6. The van der Waals surface area contributed by atoms with Gasteiger partial charge in [0.15, 0.2) is 0 Å². The molecule has 0 aliphatic carbocycles. The first-order valence-electron chi connectivity index (χ1n) is 7.05. The average Bonchev–Trinajstić information content (AvgIpc) is 2.57. The van der Waals surface area contributed by atoms with Gasteiger partial charge in [-0.3, -0.25) is 0 Å². The molecule has 110 valence electrons. The fraction of sp³-hybridized carbons (Fsp3) is 0. The van der Waals surface area contributed by atoms with Crippen molar-refractivity contribution in [3.05, 3.63) is 91.0 Å². The Hall–Kier alpha value is -2.14. The zero-order valence-electron chi connectivity index (χ0n) is 12.0. The van der Waals surface area contributed by atoms with Gasteiger partial charge in [0.25, 0.3) is 0 Å². The van der Waals surface area contributed by atoms with Crippen LogP contribution in [0.5, 0.6) is 17.2 Å². The van der Waals surface area contributed by atoms with Crippen LogP contribution in [-0.4, -0.2) is 21.0 Å². The summed E-state index contributed by atoms with van der Waals surface area (Å²) < 4.78 is 18.0. The third-order valence-electron chi connectivity index (χ3n) is 2.93. The van der Waals surface area contributed by atoms with Crippen LogP contribution in [0.4, 0.5) is 0 Å². The van der Waals surface area contributed by atoms with Crippen molar-refractivity contribution in [1.82, 2.24) is 0 Å². The second-order valence-electron chi connectivity index (χ2n) is 4.58. The molecular formula is C18H16O3Sn. The van der Waals surface area contributed by atoms with Gasteiger partial charge in [-0.25, -0.2) is 0 Å². The zero-order valence-corrected chi connectivity index (χ0v) is 15.3. The summed E-state index contributed by atoms with van der Waals surface area (Å²) in [5.74, 6) is 2.32. The van der Waals surface area contributed by atoms with Crippen LogP contribution in [0.1, 0.15) is 0 Å². The van der Waals surface area contributed by atoms with Crippen molar-refractivity contribution in [2.24, 2.45) is 0 Å². The maximum absolute atomic E-state index is 5.99. The maximum atomic E-state index is 5.99. The summed E-state index contributed by atoms with van der Waals surface area (Å²) in [5, 5.41) is 0. The van der Waals surface area contributed by atoms with Gasteiger partial charge in [-0.1, -0.05) is 0 Å². The van der Waals surface area contributed by atoms with Gasteiger partial charge < -0.3 is 0 Å². The minimum absolute atomic E-state index is 0.773. The molecule has 3 rings (SSSR count). The van der Waals surface area contributed by atoms with Crippen molar-refractivity contribution in [1.29, 1.82) is 0 Å². The third-order valence-corrected chi connectivity index (χ3v) is 6.90. The third kappa shape index (κ3) is 4.43. The predicted molar refractivity (Wildman–Crippen MR) is 88.4 cm³/mol. The van der Waals surface area contributed by atoms with Crippen molar-refractivity contribution in [3.8, 4) is 17.2 Å². The van der Waals surface area contributed by atoms with E-state index in [4.69, 9.17) is 9.22 Å². The predicted octanol–water partition coefficient (Wildman–Crippen LogP) is 3.94. The number of hydrogen-bond donors (Lipinski definition) is 0. The fourth-order valence-electron chi connectivity index (χ4n) is 1.90. The van der Waals surface area contributed by atoms with E-state index in [0.717, 1.165) is 17.2 Å². The average molecular weight is 399 g/mol. The van der Waals surface area contributed by atoms with Gasteiger partial charge in [0.05, 0.1) is 0 Å². The van der Waals surface area contributed by atoms with Gasteiger partial charge in [-0.2, -0.15) is 0 Å². The summed E-state index contributed by atoms with van der Waals surface area (Å²) >= 11 is -3.20. The first-order valence-corrected chi connectivity index (χ1v) is 11.1. The molecule has 0 bridgehead atoms. The van der Waals surface area contributed by atoms with E-state index in [0.29, 0.717) is 0 Å². The van der Waals surface area contributed by atoms with E-state index in [9.17, 15) is 0 Å². The Labute approximate surface area is 138 Å². The van der Waals surface area contributed by atoms with Crippen LogP contribution in [0.15, 0.2) is 91.0 Å². The molecule has 0 saturated carbocycles. The molecule has 0 spiro atoms. The fourth-order valence-corrected chi connectivity index (χ4v) is 5.56. The standard InChI is InChI=1S/3C6H6O.Sn.H/c3*7-6-4-2-1-3-5-6;;/h3*1-5,7H;;/q;;;+3;/p-3. The van der Waals surface area contributed by atoms with Crippen LogP contribution < -0.4 is 9.22 Å². The Bertz CT molecular complexity index is 576. The van der Waals surface area contributed by atoms with Gasteiger partial charge in [0, 0.05) is 0 Å². The minimum atomic E-state index is -3.20. The Morgan fingerprint density at radius 2 is 0.682 bits per heavy atom. The van der Waals surface area contributed by atoms with Crippen LogP contribution in [0, 0.1) is 0 Å². The summed E-state index contributed by atoms with van der Waals surface area (Å²) in [4.78, 5) is 0. The number of para-hydroxylation sites is 3. The summed E-state index contributed by atoms with van der Waals surface area (Å²) in [7, 11) is 0. The first kappa shape index (κ1) is 14.8. The molecule has 0 radical (unpaired) electrons.